The van der Waals surface area contributed by atoms with Crippen LogP contribution in [0.4, 0.5) is 0 Å². The second-order valence-electron chi connectivity index (χ2n) is 5.48. The molecule has 0 heterocycles. The summed E-state index contributed by atoms with van der Waals surface area (Å²) in [5.74, 6) is 0.739. The molecule has 0 saturated carbocycles. The van der Waals surface area contributed by atoms with Gasteiger partial charge in [-0.3, -0.25) is 4.79 Å². The number of rotatable bonds is 5. The van der Waals surface area contributed by atoms with Crippen molar-refractivity contribution in [3.05, 3.63) is 64.7 Å². The minimum absolute atomic E-state index is 0.0242. The van der Waals surface area contributed by atoms with E-state index in [-0.39, 0.29) is 11.9 Å². The molecule has 0 spiro atoms. The van der Waals surface area contributed by atoms with Crippen molar-refractivity contribution >= 4 is 5.91 Å². The molecule has 1 atom stereocenters. The Labute approximate surface area is 132 Å². The van der Waals surface area contributed by atoms with Crippen molar-refractivity contribution in [2.24, 2.45) is 0 Å². The lowest BCUT2D eigenvalue weighted by molar-refractivity contribution is 0.0935. The normalized spacial score (nSPS) is 11.8. The number of hydrogen-bond donors (Lipinski definition) is 1. The van der Waals surface area contributed by atoms with Gasteiger partial charge in [-0.2, -0.15) is 0 Å². The number of amides is 1. The molecule has 0 aromatic heterocycles. The van der Waals surface area contributed by atoms with Crippen molar-refractivity contribution < 1.29 is 9.53 Å². The number of carbonyl (C=O) groups is 1. The van der Waals surface area contributed by atoms with E-state index in [2.05, 4.69) is 31.3 Å². The first-order valence-corrected chi connectivity index (χ1v) is 7.57. The van der Waals surface area contributed by atoms with Gasteiger partial charge in [-0.1, -0.05) is 31.2 Å². The summed E-state index contributed by atoms with van der Waals surface area (Å²) in [6.45, 7) is 6.09. The highest BCUT2D eigenvalue weighted by Crippen LogP contribution is 2.22. The molecule has 0 saturated heterocycles. The second-order valence-corrected chi connectivity index (χ2v) is 5.48. The minimum Gasteiger partial charge on any atom is -0.496 e. The van der Waals surface area contributed by atoms with Gasteiger partial charge in [0.25, 0.3) is 5.91 Å². The lowest BCUT2D eigenvalue weighted by atomic mass is 9.99. The maximum atomic E-state index is 12.5. The molecule has 2 aromatic carbocycles. The van der Waals surface area contributed by atoms with Crippen molar-refractivity contribution in [1.82, 2.24) is 5.32 Å². The number of aryl methyl sites for hydroxylation is 2. The van der Waals surface area contributed by atoms with E-state index in [4.69, 9.17) is 4.74 Å². The molecule has 0 radical (unpaired) electrons. The highest BCUT2D eigenvalue weighted by Gasteiger charge is 2.16. The largest absolute Gasteiger partial charge is 0.496 e. The van der Waals surface area contributed by atoms with Gasteiger partial charge in [-0.05, 0) is 55.2 Å². The summed E-state index contributed by atoms with van der Waals surface area (Å²) in [6, 6.07) is 13.7. The summed E-state index contributed by atoms with van der Waals surface area (Å²) in [5, 5.41) is 3.13. The van der Waals surface area contributed by atoms with Crippen LogP contribution < -0.4 is 10.1 Å². The van der Waals surface area contributed by atoms with Gasteiger partial charge in [-0.15, -0.1) is 0 Å². The van der Waals surface area contributed by atoms with Gasteiger partial charge in [0.15, 0.2) is 0 Å². The molecule has 1 amide bonds. The molecule has 1 unspecified atom stereocenters. The van der Waals surface area contributed by atoms with Crippen molar-refractivity contribution in [2.75, 3.05) is 7.11 Å². The predicted octanol–water partition coefficient (Wildman–Crippen LogP) is 4.19. The van der Waals surface area contributed by atoms with Gasteiger partial charge in [0, 0.05) is 5.56 Å². The van der Waals surface area contributed by atoms with E-state index < -0.39 is 0 Å². The number of methoxy groups -OCH3 is 1. The first-order chi connectivity index (χ1) is 10.6. The fraction of sp³-hybridized carbons (Fsp3) is 0.316. The zero-order chi connectivity index (χ0) is 16.1. The smallest absolute Gasteiger partial charge is 0.251 e. The third kappa shape index (κ3) is 3.48. The van der Waals surface area contributed by atoms with Crippen molar-refractivity contribution in [3.63, 3.8) is 0 Å². The minimum atomic E-state index is -0.0548. The van der Waals surface area contributed by atoms with Gasteiger partial charge in [0.1, 0.15) is 5.75 Å². The Morgan fingerprint density at radius 2 is 1.86 bits per heavy atom. The summed E-state index contributed by atoms with van der Waals surface area (Å²) >= 11 is 0. The number of carbonyl (C=O) groups excluding carboxylic acids is 1. The molecule has 3 heteroatoms. The molecular formula is C19H23NO2. The quantitative estimate of drug-likeness (QED) is 0.898. The van der Waals surface area contributed by atoms with Crippen molar-refractivity contribution in [3.8, 4) is 5.75 Å². The summed E-state index contributed by atoms with van der Waals surface area (Å²) in [5.41, 5.74) is 3.98. The highest BCUT2D eigenvalue weighted by atomic mass is 16.5. The average molecular weight is 297 g/mol. The monoisotopic (exact) mass is 297 g/mol. The maximum absolute atomic E-state index is 12.5. The number of ether oxygens (including phenoxy) is 1. The highest BCUT2D eigenvalue weighted by molar-refractivity contribution is 5.94. The Morgan fingerprint density at radius 3 is 2.45 bits per heavy atom. The Balaban J connectivity index is 2.19. The lowest BCUT2D eigenvalue weighted by Crippen LogP contribution is -2.28. The van der Waals surface area contributed by atoms with Crippen LogP contribution in [0.5, 0.6) is 5.75 Å². The molecule has 2 aromatic rings. The van der Waals surface area contributed by atoms with Crippen molar-refractivity contribution in [2.45, 2.75) is 33.2 Å². The molecule has 1 N–H and O–H groups in total. The van der Waals surface area contributed by atoms with Crippen LogP contribution in [0.15, 0.2) is 42.5 Å². The van der Waals surface area contributed by atoms with E-state index in [1.807, 2.05) is 31.2 Å². The SMILES string of the molecule is CCC(NC(=O)c1ccc(OC)c(C)c1)c1ccccc1C. The molecule has 3 nitrogen and oxygen atoms in total. The molecule has 116 valence electrons. The molecule has 0 bridgehead atoms. The molecule has 0 aliphatic carbocycles. The molecule has 0 aliphatic heterocycles. The Hall–Kier alpha value is -2.29. The van der Waals surface area contributed by atoms with Gasteiger partial charge >= 0.3 is 0 Å². The second kappa shape index (κ2) is 7.12. The van der Waals surface area contributed by atoms with E-state index in [0.29, 0.717) is 5.56 Å². The molecule has 2 rings (SSSR count). The van der Waals surface area contributed by atoms with Crippen LogP contribution in [0, 0.1) is 13.8 Å². The van der Waals surface area contributed by atoms with E-state index in [0.717, 1.165) is 17.7 Å². The number of hydrogen-bond acceptors (Lipinski definition) is 2. The number of benzene rings is 2. The summed E-state index contributed by atoms with van der Waals surface area (Å²) in [6.07, 6.45) is 0.853. The van der Waals surface area contributed by atoms with Gasteiger partial charge in [0.2, 0.25) is 0 Å². The van der Waals surface area contributed by atoms with Crippen LogP contribution >= 0.6 is 0 Å². The molecule has 22 heavy (non-hydrogen) atoms. The van der Waals surface area contributed by atoms with Crippen LogP contribution in [0.1, 0.15) is 46.4 Å². The van der Waals surface area contributed by atoms with Crippen molar-refractivity contribution in [1.29, 1.82) is 0 Å². The van der Waals surface area contributed by atoms with Gasteiger partial charge in [0.05, 0.1) is 13.2 Å². The first-order valence-electron chi connectivity index (χ1n) is 7.57. The molecular weight excluding hydrogens is 274 g/mol. The van der Waals surface area contributed by atoms with Crippen LogP contribution in [0.3, 0.4) is 0 Å². The zero-order valence-corrected chi connectivity index (χ0v) is 13.6. The van der Waals surface area contributed by atoms with E-state index >= 15 is 0 Å². The van der Waals surface area contributed by atoms with Crippen LogP contribution in [-0.2, 0) is 0 Å². The maximum Gasteiger partial charge on any atom is 0.251 e. The lowest BCUT2D eigenvalue weighted by Gasteiger charge is -2.20. The fourth-order valence-corrected chi connectivity index (χ4v) is 2.64. The topological polar surface area (TPSA) is 38.3 Å². The van der Waals surface area contributed by atoms with Crippen LogP contribution in [0.2, 0.25) is 0 Å². The summed E-state index contributed by atoms with van der Waals surface area (Å²) in [7, 11) is 1.63. The van der Waals surface area contributed by atoms with Crippen LogP contribution in [-0.4, -0.2) is 13.0 Å². The van der Waals surface area contributed by atoms with E-state index in [1.165, 1.54) is 11.1 Å². The fourth-order valence-electron chi connectivity index (χ4n) is 2.64. The first kappa shape index (κ1) is 16.1. The Kier molecular flexibility index (Phi) is 5.21. The zero-order valence-electron chi connectivity index (χ0n) is 13.6. The Morgan fingerprint density at radius 1 is 1.14 bits per heavy atom. The standard InChI is InChI=1S/C19H23NO2/c1-5-17(16-9-7-6-8-13(16)2)20-19(21)15-10-11-18(22-4)14(3)12-15/h6-12,17H,5H2,1-4H3,(H,20,21). The van der Waals surface area contributed by atoms with E-state index in [9.17, 15) is 4.79 Å². The molecule has 0 aliphatic rings. The average Bonchev–Trinajstić information content (AvgIpc) is 2.53. The third-order valence-corrected chi connectivity index (χ3v) is 3.93. The molecule has 0 fully saturated rings. The van der Waals surface area contributed by atoms with Gasteiger partial charge < -0.3 is 10.1 Å². The summed E-state index contributed by atoms with van der Waals surface area (Å²) in [4.78, 5) is 12.5. The predicted molar refractivity (Wildman–Crippen MR) is 89.4 cm³/mol. The van der Waals surface area contributed by atoms with E-state index in [1.54, 1.807) is 13.2 Å². The third-order valence-electron chi connectivity index (χ3n) is 3.93. The van der Waals surface area contributed by atoms with Gasteiger partial charge in [-0.25, -0.2) is 0 Å². The number of nitrogens with one attached hydrogen (secondary N) is 1. The Bertz CT molecular complexity index is 664. The van der Waals surface area contributed by atoms with Crippen LogP contribution in [0.25, 0.3) is 0 Å². The summed E-state index contributed by atoms with van der Waals surface area (Å²) < 4.78 is 5.24.